The number of carbonyl (C=O) groups is 1. The number of pyridine rings is 1. The highest BCUT2D eigenvalue weighted by Crippen LogP contribution is 2.48. The van der Waals surface area contributed by atoms with Crippen LogP contribution in [0, 0.1) is 12.3 Å². The quantitative estimate of drug-likeness (QED) is 0.282. The number of nitrogens with one attached hydrogen (secondary N) is 2. The van der Waals surface area contributed by atoms with Crippen molar-refractivity contribution in [2.24, 2.45) is 5.41 Å². The number of benzene rings is 1. The van der Waals surface area contributed by atoms with E-state index >= 15 is 0 Å². The van der Waals surface area contributed by atoms with Crippen LogP contribution >= 0.6 is 11.3 Å². The maximum absolute atomic E-state index is 12.6. The Kier molecular flexibility index (Phi) is 9.32. The molecule has 5 rings (SSSR count). The second-order valence-electron chi connectivity index (χ2n) is 13.2. The maximum atomic E-state index is 12.6. The molecule has 9 heteroatoms. The number of amides is 1. The minimum Gasteiger partial charge on any atom is -0.471 e. The summed E-state index contributed by atoms with van der Waals surface area (Å²) >= 11 is 1.59. The van der Waals surface area contributed by atoms with Crippen molar-refractivity contribution in [1.29, 1.82) is 0 Å². The van der Waals surface area contributed by atoms with Crippen molar-refractivity contribution in [3.05, 3.63) is 64.3 Å². The summed E-state index contributed by atoms with van der Waals surface area (Å²) in [6.07, 6.45) is 8.33. The van der Waals surface area contributed by atoms with E-state index in [0.29, 0.717) is 18.8 Å². The van der Waals surface area contributed by atoms with Crippen LogP contribution < -0.4 is 15.4 Å². The molecule has 1 spiro atoms. The topological polar surface area (TPSA) is 106 Å². The molecule has 0 radical (unpaired) electrons. The minimum absolute atomic E-state index is 0.00178. The third-order valence-corrected chi connectivity index (χ3v) is 8.95. The molecule has 8 nitrogen and oxygen atoms in total. The van der Waals surface area contributed by atoms with Gasteiger partial charge in [-0.05, 0) is 73.8 Å². The van der Waals surface area contributed by atoms with Crippen LogP contribution in [0.25, 0.3) is 10.6 Å². The van der Waals surface area contributed by atoms with Crippen molar-refractivity contribution in [1.82, 2.24) is 20.6 Å². The number of thiazole rings is 1. The third-order valence-electron chi connectivity index (χ3n) is 8.13. The fourth-order valence-electron chi connectivity index (χ4n) is 6.14. The summed E-state index contributed by atoms with van der Waals surface area (Å²) in [7, 11) is 1.49. The summed E-state index contributed by atoms with van der Waals surface area (Å²) in [6, 6.07) is 8.02. The Morgan fingerprint density at radius 2 is 2.02 bits per heavy atom. The molecule has 1 saturated carbocycles. The number of nitrogens with zero attached hydrogens (tertiary/aromatic N) is 2. The summed E-state index contributed by atoms with van der Waals surface area (Å²) in [5.74, 6) is 0.445. The van der Waals surface area contributed by atoms with Gasteiger partial charge in [0.05, 0.1) is 12.1 Å². The highest BCUT2D eigenvalue weighted by atomic mass is 32.1. The Morgan fingerprint density at radius 1 is 1.21 bits per heavy atom. The van der Waals surface area contributed by atoms with E-state index in [1.807, 2.05) is 11.6 Å². The van der Waals surface area contributed by atoms with E-state index in [4.69, 9.17) is 14.5 Å². The van der Waals surface area contributed by atoms with E-state index in [1.54, 1.807) is 17.5 Å². The number of aryl methyl sites for hydroxylation is 1. The van der Waals surface area contributed by atoms with Crippen molar-refractivity contribution >= 4 is 17.2 Å². The lowest BCUT2D eigenvalue weighted by atomic mass is 9.73. The number of hydrogen-bond donors (Lipinski definition) is 3. The number of aliphatic hydroxyl groups excluding tert-OH is 1. The van der Waals surface area contributed by atoms with E-state index < -0.39 is 12.1 Å². The molecule has 1 aliphatic carbocycles. The SMILES string of the molecule is COCC(=O)NC(Cc1cc(C)cc(-c2nccs2)c1)[C@H](O)CN[C@H]1CC2(CCC2)Oc2ncc(CC(C)(C)C)cc21. The molecular formula is C33H44N4O4S. The number of aliphatic hydroxyl groups is 1. The summed E-state index contributed by atoms with van der Waals surface area (Å²) in [6.45, 7) is 8.98. The first-order chi connectivity index (χ1) is 20.0. The zero-order chi connectivity index (χ0) is 29.9. The van der Waals surface area contributed by atoms with Crippen LogP contribution in [0.4, 0.5) is 0 Å². The zero-order valence-electron chi connectivity index (χ0n) is 25.4. The van der Waals surface area contributed by atoms with Crippen molar-refractivity contribution in [2.75, 3.05) is 20.3 Å². The molecular weight excluding hydrogens is 548 g/mol. The zero-order valence-corrected chi connectivity index (χ0v) is 26.2. The van der Waals surface area contributed by atoms with Gasteiger partial charge in [0.1, 0.15) is 17.2 Å². The predicted octanol–water partition coefficient (Wildman–Crippen LogP) is 5.17. The van der Waals surface area contributed by atoms with Crippen LogP contribution in [0.2, 0.25) is 0 Å². The van der Waals surface area contributed by atoms with Crippen LogP contribution in [0.5, 0.6) is 5.88 Å². The van der Waals surface area contributed by atoms with Gasteiger partial charge in [-0.15, -0.1) is 11.3 Å². The molecule has 0 saturated heterocycles. The van der Waals surface area contributed by atoms with Crippen LogP contribution in [-0.4, -0.2) is 59.0 Å². The molecule has 42 heavy (non-hydrogen) atoms. The van der Waals surface area contributed by atoms with Gasteiger partial charge in [-0.1, -0.05) is 32.4 Å². The van der Waals surface area contributed by atoms with E-state index in [1.165, 1.54) is 12.7 Å². The lowest BCUT2D eigenvalue weighted by Crippen LogP contribution is -2.52. The average Bonchev–Trinajstić information content (AvgIpc) is 3.44. The molecule has 1 fully saturated rings. The molecule has 226 valence electrons. The molecule has 3 heterocycles. The van der Waals surface area contributed by atoms with Crippen LogP contribution in [-0.2, 0) is 22.4 Å². The summed E-state index contributed by atoms with van der Waals surface area (Å²) < 4.78 is 11.5. The van der Waals surface area contributed by atoms with E-state index in [9.17, 15) is 9.90 Å². The Balaban J connectivity index is 1.35. The Labute approximate surface area is 253 Å². The number of methoxy groups -OCH3 is 1. The van der Waals surface area contributed by atoms with Gasteiger partial charge in [0, 0.05) is 55.0 Å². The fraction of sp³-hybridized carbons (Fsp3) is 0.545. The number of ether oxygens (including phenoxy) is 2. The Morgan fingerprint density at radius 3 is 2.69 bits per heavy atom. The van der Waals surface area contributed by atoms with Gasteiger partial charge < -0.3 is 25.2 Å². The summed E-state index contributed by atoms with van der Waals surface area (Å²) in [5, 5.41) is 21.1. The number of fused-ring (bicyclic) bond motifs is 1. The molecule has 1 unspecified atom stereocenters. The molecule has 0 bridgehead atoms. The first-order valence-corrected chi connectivity index (χ1v) is 15.8. The van der Waals surface area contributed by atoms with Gasteiger partial charge >= 0.3 is 0 Å². The summed E-state index contributed by atoms with van der Waals surface area (Å²) in [5.41, 5.74) is 5.36. The van der Waals surface area contributed by atoms with Gasteiger partial charge in [-0.3, -0.25) is 4.79 Å². The highest BCUT2D eigenvalue weighted by Gasteiger charge is 2.46. The normalized spacial score (nSPS) is 19.0. The van der Waals surface area contributed by atoms with Crippen LogP contribution in [0.3, 0.4) is 0 Å². The molecule has 3 N–H and O–H groups in total. The highest BCUT2D eigenvalue weighted by molar-refractivity contribution is 7.13. The van der Waals surface area contributed by atoms with E-state index in [-0.39, 0.29) is 29.6 Å². The first-order valence-electron chi connectivity index (χ1n) is 14.9. The molecule has 2 aromatic heterocycles. The lowest BCUT2D eigenvalue weighted by Gasteiger charge is -2.47. The first kappa shape index (κ1) is 30.6. The molecule has 1 amide bonds. The van der Waals surface area contributed by atoms with Gasteiger partial charge in [0.2, 0.25) is 11.8 Å². The van der Waals surface area contributed by atoms with Crippen molar-refractivity contribution < 1.29 is 19.4 Å². The summed E-state index contributed by atoms with van der Waals surface area (Å²) in [4.78, 5) is 21.8. The molecule has 2 aliphatic rings. The molecule has 3 atom stereocenters. The van der Waals surface area contributed by atoms with Crippen molar-refractivity contribution in [2.45, 2.75) is 90.0 Å². The number of aromatic nitrogens is 2. The molecule has 3 aromatic rings. The number of hydrogen-bond acceptors (Lipinski definition) is 8. The minimum atomic E-state index is -0.830. The largest absolute Gasteiger partial charge is 0.471 e. The second kappa shape index (κ2) is 12.8. The fourth-order valence-corrected chi connectivity index (χ4v) is 6.76. The van der Waals surface area contributed by atoms with Gasteiger partial charge in [0.25, 0.3) is 0 Å². The maximum Gasteiger partial charge on any atom is 0.246 e. The van der Waals surface area contributed by atoms with Crippen LogP contribution in [0.1, 0.15) is 74.8 Å². The lowest BCUT2D eigenvalue weighted by molar-refractivity contribution is -0.126. The molecule has 1 aliphatic heterocycles. The number of carbonyl (C=O) groups excluding carboxylic acids is 1. The predicted molar refractivity (Wildman–Crippen MR) is 166 cm³/mol. The third kappa shape index (κ3) is 7.56. The van der Waals surface area contributed by atoms with Gasteiger partial charge in [-0.2, -0.15) is 0 Å². The van der Waals surface area contributed by atoms with Crippen LogP contribution in [0.15, 0.2) is 42.0 Å². The Bertz CT molecular complexity index is 1370. The second-order valence-corrected chi connectivity index (χ2v) is 14.1. The van der Waals surface area contributed by atoms with Crippen molar-refractivity contribution in [3.8, 4) is 16.5 Å². The van der Waals surface area contributed by atoms with Gasteiger partial charge in [0.15, 0.2) is 0 Å². The average molecular weight is 593 g/mol. The Hall–Kier alpha value is -2.85. The van der Waals surface area contributed by atoms with E-state index in [0.717, 1.165) is 59.4 Å². The van der Waals surface area contributed by atoms with Crippen molar-refractivity contribution in [3.63, 3.8) is 0 Å². The standard InChI is InChI=1S/C33H44N4O4S/c1-21-11-22(13-24(12-21)31-34-9-10-42-31)15-26(37-29(39)20-40-5)28(38)19-35-27-17-33(7-6-8-33)41-30-25(27)14-23(18-36-30)16-32(2,3)4/h9-14,18,26-28,35,38H,6-8,15-17,19-20H2,1-5H3,(H,37,39)/t26?,27-,28+/m0/s1. The monoisotopic (exact) mass is 592 g/mol. The molecule has 1 aromatic carbocycles. The van der Waals surface area contributed by atoms with E-state index in [2.05, 4.69) is 67.6 Å². The smallest absolute Gasteiger partial charge is 0.246 e. The van der Waals surface area contributed by atoms with Gasteiger partial charge in [-0.25, -0.2) is 9.97 Å². The number of rotatable bonds is 11.